The van der Waals surface area contributed by atoms with Gasteiger partial charge >= 0.3 is 0 Å². The number of halogens is 2. The third-order valence-corrected chi connectivity index (χ3v) is 8.13. The molecule has 0 bridgehead atoms. The summed E-state index contributed by atoms with van der Waals surface area (Å²) in [7, 11) is 0. The molecule has 0 aliphatic carbocycles. The van der Waals surface area contributed by atoms with E-state index in [0.717, 1.165) is 29.9 Å². The molecule has 0 unspecified atom stereocenters. The van der Waals surface area contributed by atoms with Gasteiger partial charge in [-0.2, -0.15) is 0 Å². The van der Waals surface area contributed by atoms with Crippen molar-refractivity contribution in [2.45, 2.75) is 68.7 Å². The van der Waals surface area contributed by atoms with E-state index in [0.29, 0.717) is 0 Å². The van der Waals surface area contributed by atoms with Crippen molar-refractivity contribution in [2.24, 2.45) is 0 Å². The van der Waals surface area contributed by atoms with Gasteiger partial charge in [0, 0.05) is 29.8 Å². The Balaban J connectivity index is 0.000000202. The standard InChI is InChI=1S/C21H25ClN2.C13H16ClN/c1-13-7-15(3)20(16(4)8-13)23-11-19(22)24(12-23)21-17(5)9-14(2)10-18(21)6;1-9-7-10(2)13(11(3)8-9)15-6-4-5-12(15)14/h7-11H,12H2,1-6H3;5,7-8H,4,6H2,1-3H3. The van der Waals surface area contributed by atoms with Gasteiger partial charge in [0.2, 0.25) is 0 Å². The van der Waals surface area contributed by atoms with Crippen LogP contribution < -0.4 is 14.7 Å². The van der Waals surface area contributed by atoms with E-state index in [2.05, 4.69) is 119 Å². The van der Waals surface area contributed by atoms with Crippen molar-refractivity contribution in [2.75, 3.05) is 27.9 Å². The first-order valence-electron chi connectivity index (χ1n) is 13.7. The van der Waals surface area contributed by atoms with Gasteiger partial charge in [-0.15, -0.1) is 0 Å². The van der Waals surface area contributed by atoms with Crippen molar-refractivity contribution in [3.05, 3.63) is 109 Å². The number of anilines is 3. The highest BCUT2D eigenvalue weighted by Gasteiger charge is 2.26. The molecular weight excluding hydrogens is 521 g/mol. The van der Waals surface area contributed by atoms with Crippen LogP contribution in [0.4, 0.5) is 17.1 Å². The Kier molecular flexibility index (Phi) is 8.73. The Morgan fingerprint density at radius 1 is 0.513 bits per heavy atom. The van der Waals surface area contributed by atoms with Crippen molar-refractivity contribution in [1.82, 2.24) is 0 Å². The molecule has 2 aliphatic heterocycles. The maximum Gasteiger partial charge on any atom is 0.127 e. The number of hydrogen-bond donors (Lipinski definition) is 0. The van der Waals surface area contributed by atoms with Gasteiger partial charge in [0.15, 0.2) is 0 Å². The molecule has 0 N–H and O–H groups in total. The highest BCUT2D eigenvalue weighted by atomic mass is 35.5. The summed E-state index contributed by atoms with van der Waals surface area (Å²) < 4.78 is 0. The Morgan fingerprint density at radius 3 is 1.28 bits per heavy atom. The summed E-state index contributed by atoms with van der Waals surface area (Å²) >= 11 is 12.8. The molecule has 39 heavy (non-hydrogen) atoms. The fourth-order valence-electron chi connectivity index (χ4n) is 6.34. The smallest absolute Gasteiger partial charge is 0.127 e. The van der Waals surface area contributed by atoms with E-state index in [-0.39, 0.29) is 0 Å². The minimum Gasteiger partial charge on any atom is -0.332 e. The van der Waals surface area contributed by atoms with Crippen LogP contribution in [-0.4, -0.2) is 13.2 Å². The van der Waals surface area contributed by atoms with Gasteiger partial charge in [-0.3, -0.25) is 0 Å². The molecule has 5 heteroatoms. The molecular formula is C34H41Cl2N3. The highest BCUT2D eigenvalue weighted by Crippen LogP contribution is 2.37. The van der Waals surface area contributed by atoms with Crippen LogP contribution in [0.3, 0.4) is 0 Å². The summed E-state index contributed by atoms with van der Waals surface area (Å²) in [4.78, 5) is 6.65. The van der Waals surface area contributed by atoms with E-state index in [9.17, 15) is 0 Å². The molecule has 0 radical (unpaired) electrons. The van der Waals surface area contributed by atoms with E-state index in [4.69, 9.17) is 23.2 Å². The minimum atomic E-state index is 0.744. The van der Waals surface area contributed by atoms with Crippen LogP contribution >= 0.6 is 23.2 Å². The summed E-state index contributed by atoms with van der Waals surface area (Å²) in [6.07, 6.45) is 5.18. The molecule has 0 saturated carbocycles. The Hall–Kier alpha value is -2.88. The third-order valence-electron chi connectivity index (χ3n) is 7.47. The monoisotopic (exact) mass is 561 g/mol. The van der Waals surface area contributed by atoms with E-state index in [1.54, 1.807) is 0 Å². The van der Waals surface area contributed by atoms with E-state index in [1.807, 2.05) is 6.20 Å². The second kappa shape index (κ2) is 11.7. The molecule has 2 heterocycles. The molecule has 206 valence electrons. The van der Waals surface area contributed by atoms with Crippen LogP contribution in [0, 0.1) is 62.3 Å². The fraction of sp³-hybridized carbons (Fsp3) is 0.353. The summed E-state index contributed by atoms with van der Waals surface area (Å²) in [5, 5.41) is 1.63. The maximum absolute atomic E-state index is 6.62. The van der Waals surface area contributed by atoms with Gasteiger partial charge in [-0.1, -0.05) is 76.3 Å². The molecule has 0 atom stereocenters. The predicted octanol–water partition coefficient (Wildman–Crippen LogP) is 9.76. The molecule has 0 saturated heterocycles. The summed E-state index contributed by atoms with van der Waals surface area (Å²) in [6.45, 7) is 21.1. The number of rotatable bonds is 3. The zero-order valence-corrected chi connectivity index (χ0v) is 26.3. The van der Waals surface area contributed by atoms with Crippen molar-refractivity contribution >= 4 is 40.3 Å². The van der Waals surface area contributed by atoms with E-state index >= 15 is 0 Å². The van der Waals surface area contributed by atoms with Crippen LogP contribution in [-0.2, 0) is 0 Å². The van der Waals surface area contributed by atoms with Crippen LogP contribution in [0.1, 0.15) is 56.5 Å². The SMILES string of the molecule is Cc1cc(C)c(N2C=C(Cl)N(c3c(C)cc(C)cc3C)C2)c(C)c1.Cc1cc(C)c(N2CCC=C2Cl)c(C)c1. The molecule has 3 nitrogen and oxygen atoms in total. The first-order valence-corrected chi connectivity index (χ1v) is 14.4. The third kappa shape index (κ3) is 6.15. The van der Waals surface area contributed by atoms with Gasteiger partial charge in [0.25, 0.3) is 0 Å². The molecule has 3 aromatic rings. The molecule has 0 aromatic heterocycles. The topological polar surface area (TPSA) is 9.72 Å². The van der Waals surface area contributed by atoms with Crippen molar-refractivity contribution in [3.8, 4) is 0 Å². The van der Waals surface area contributed by atoms with Gasteiger partial charge in [-0.05, 0) is 108 Å². The number of aryl methyl sites for hydroxylation is 9. The average Bonchev–Trinajstić information content (AvgIpc) is 3.38. The van der Waals surface area contributed by atoms with Gasteiger partial charge in [-0.25, -0.2) is 0 Å². The fourth-order valence-corrected chi connectivity index (χ4v) is 6.88. The Labute approximate surface area is 245 Å². The molecule has 0 spiro atoms. The molecule has 5 rings (SSSR count). The quantitative estimate of drug-likeness (QED) is 0.294. The predicted molar refractivity (Wildman–Crippen MR) is 172 cm³/mol. The number of nitrogens with zero attached hydrogens (tertiary/aromatic N) is 3. The van der Waals surface area contributed by atoms with E-state index < -0.39 is 0 Å². The van der Waals surface area contributed by atoms with Crippen molar-refractivity contribution in [3.63, 3.8) is 0 Å². The largest absolute Gasteiger partial charge is 0.332 e. The van der Waals surface area contributed by atoms with Crippen LogP contribution in [0.5, 0.6) is 0 Å². The summed E-state index contributed by atoms with van der Waals surface area (Å²) in [6, 6.07) is 13.3. The molecule has 2 aliphatic rings. The normalized spacial score (nSPS) is 14.9. The number of benzene rings is 3. The lowest BCUT2D eigenvalue weighted by Gasteiger charge is -2.27. The average molecular weight is 563 g/mol. The highest BCUT2D eigenvalue weighted by molar-refractivity contribution is 6.32. The first-order chi connectivity index (χ1) is 18.4. The van der Waals surface area contributed by atoms with Crippen molar-refractivity contribution in [1.29, 1.82) is 0 Å². The van der Waals surface area contributed by atoms with Crippen LogP contribution in [0.2, 0.25) is 0 Å². The Bertz CT molecular complexity index is 1400. The lowest BCUT2D eigenvalue weighted by atomic mass is 10.0. The lowest BCUT2D eigenvalue weighted by molar-refractivity contribution is 0.949. The number of hydrogen-bond acceptors (Lipinski definition) is 3. The maximum atomic E-state index is 6.62. The van der Waals surface area contributed by atoms with Crippen LogP contribution in [0.25, 0.3) is 0 Å². The first kappa shape index (κ1) is 29.1. The van der Waals surface area contributed by atoms with Crippen molar-refractivity contribution < 1.29 is 0 Å². The zero-order valence-electron chi connectivity index (χ0n) is 24.8. The second-order valence-electron chi connectivity index (χ2n) is 11.2. The minimum absolute atomic E-state index is 0.744. The van der Waals surface area contributed by atoms with Gasteiger partial charge in [0.1, 0.15) is 17.0 Å². The van der Waals surface area contributed by atoms with Gasteiger partial charge < -0.3 is 14.7 Å². The summed E-state index contributed by atoms with van der Waals surface area (Å²) in [5.41, 5.74) is 15.3. The molecule has 0 fully saturated rings. The zero-order chi connectivity index (χ0) is 28.6. The van der Waals surface area contributed by atoms with Gasteiger partial charge in [0.05, 0.1) is 0 Å². The molecule has 0 amide bonds. The molecule has 3 aromatic carbocycles. The lowest BCUT2D eigenvalue weighted by Crippen LogP contribution is -2.27. The summed E-state index contributed by atoms with van der Waals surface area (Å²) in [5.74, 6) is 0. The van der Waals surface area contributed by atoms with Crippen LogP contribution in [0.15, 0.2) is 59.0 Å². The van der Waals surface area contributed by atoms with E-state index in [1.165, 1.54) is 67.1 Å². The second-order valence-corrected chi connectivity index (χ2v) is 12.0. The Morgan fingerprint density at radius 2 is 0.897 bits per heavy atom.